The van der Waals surface area contributed by atoms with Gasteiger partial charge in [-0.15, -0.1) is 0 Å². The minimum absolute atomic E-state index is 0.0198. The topological polar surface area (TPSA) is 49.9 Å². The van der Waals surface area contributed by atoms with Gasteiger partial charge in [-0.25, -0.2) is 0 Å². The summed E-state index contributed by atoms with van der Waals surface area (Å²) >= 11 is 6.66. The van der Waals surface area contributed by atoms with Crippen molar-refractivity contribution in [3.05, 3.63) is 34.7 Å². The third-order valence-electron chi connectivity index (χ3n) is 6.34. The molecule has 1 saturated carbocycles. The average molecular weight is 459 g/mol. The van der Waals surface area contributed by atoms with Gasteiger partial charge in [-0.2, -0.15) is 0 Å². The van der Waals surface area contributed by atoms with Crippen LogP contribution in [0.25, 0.3) is 6.08 Å². The first kappa shape index (κ1) is 22.3. The van der Waals surface area contributed by atoms with Crippen molar-refractivity contribution in [1.29, 1.82) is 0 Å². The predicted molar refractivity (Wildman–Crippen MR) is 129 cm³/mol. The van der Waals surface area contributed by atoms with E-state index in [9.17, 15) is 9.59 Å². The molecule has 31 heavy (non-hydrogen) atoms. The van der Waals surface area contributed by atoms with Crippen molar-refractivity contribution in [3.8, 4) is 5.75 Å². The molecule has 0 unspecified atom stereocenters. The Hall–Kier alpha value is -1.86. The number of nitrogens with zero attached hydrogens (tertiary/aromatic N) is 2. The second-order valence-electron chi connectivity index (χ2n) is 8.78. The van der Waals surface area contributed by atoms with Crippen molar-refractivity contribution < 1.29 is 14.3 Å². The molecule has 0 atom stereocenters. The highest BCUT2D eigenvalue weighted by Gasteiger charge is 2.34. The molecule has 1 aromatic rings. The van der Waals surface area contributed by atoms with Crippen LogP contribution in [-0.2, 0) is 9.59 Å². The van der Waals surface area contributed by atoms with Crippen molar-refractivity contribution >= 4 is 46.2 Å². The van der Waals surface area contributed by atoms with E-state index in [1.807, 2.05) is 35.2 Å². The zero-order chi connectivity index (χ0) is 21.8. The van der Waals surface area contributed by atoms with Crippen LogP contribution in [-0.4, -0.2) is 51.7 Å². The number of rotatable bonds is 5. The van der Waals surface area contributed by atoms with Gasteiger partial charge in [0.05, 0.1) is 11.0 Å². The molecule has 2 aliphatic heterocycles. The summed E-state index contributed by atoms with van der Waals surface area (Å²) in [5.41, 5.74) is 0.924. The van der Waals surface area contributed by atoms with Crippen LogP contribution in [0.2, 0.25) is 0 Å². The van der Waals surface area contributed by atoms with Crippen LogP contribution in [0.4, 0.5) is 0 Å². The summed E-state index contributed by atoms with van der Waals surface area (Å²) in [4.78, 5) is 29.4. The molecule has 1 aliphatic carbocycles. The minimum atomic E-state index is -0.184. The van der Waals surface area contributed by atoms with Gasteiger partial charge in [0.1, 0.15) is 16.6 Å². The van der Waals surface area contributed by atoms with E-state index in [0.29, 0.717) is 21.2 Å². The first-order valence-corrected chi connectivity index (χ1v) is 12.5. The van der Waals surface area contributed by atoms with Crippen molar-refractivity contribution in [2.75, 3.05) is 19.6 Å². The fraction of sp³-hybridized carbons (Fsp3) is 0.542. The van der Waals surface area contributed by atoms with E-state index >= 15 is 0 Å². The number of benzene rings is 1. The number of carbonyl (C=O) groups is 2. The molecular formula is C24H30N2O3S2. The van der Waals surface area contributed by atoms with E-state index < -0.39 is 0 Å². The number of hydrogen-bond donors (Lipinski definition) is 0. The Morgan fingerprint density at radius 1 is 1.13 bits per heavy atom. The van der Waals surface area contributed by atoms with Crippen molar-refractivity contribution in [2.45, 2.75) is 58.0 Å². The lowest BCUT2D eigenvalue weighted by Crippen LogP contribution is -2.45. The lowest BCUT2D eigenvalue weighted by atomic mass is 9.98. The van der Waals surface area contributed by atoms with Gasteiger partial charge in [-0.1, -0.05) is 49.5 Å². The summed E-state index contributed by atoms with van der Waals surface area (Å²) in [7, 11) is 0. The molecule has 0 N–H and O–H groups in total. The van der Waals surface area contributed by atoms with Crippen molar-refractivity contribution in [3.63, 3.8) is 0 Å². The normalized spacial score (nSPS) is 22.4. The summed E-state index contributed by atoms with van der Waals surface area (Å²) in [5, 5.41) is 0. The van der Waals surface area contributed by atoms with E-state index in [-0.39, 0.29) is 18.4 Å². The Kier molecular flexibility index (Phi) is 7.33. The maximum absolute atomic E-state index is 12.9. The fourth-order valence-electron chi connectivity index (χ4n) is 4.30. The second kappa shape index (κ2) is 10.2. The molecule has 4 rings (SSSR count). The Morgan fingerprint density at radius 2 is 1.81 bits per heavy atom. The highest BCUT2D eigenvalue weighted by molar-refractivity contribution is 8.26. The van der Waals surface area contributed by atoms with Crippen LogP contribution in [0.15, 0.2) is 29.2 Å². The largest absolute Gasteiger partial charge is 0.490 e. The second-order valence-corrected chi connectivity index (χ2v) is 10.5. The summed E-state index contributed by atoms with van der Waals surface area (Å²) in [6, 6.07) is 7.85. The SMILES string of the molecule is CC1CCN(C(=O)CN2C(=O)/C(=C/c3ccc(OC4CCCCC4)cc3)SC2=S)CC1. The number of thiocarbonyl (C=S) groups is 1. The van der Waals surface area contributed by atoms with E-state index in [1.54, 1.807) is 0 Å². The summed E-state index contributed by atoms with van der Waals surface area (Å²) in [6.45, 7) is 3.77. The van der Waals surface area contributed by atoms with Crippen molar-refractivity contribution in [2.24, 2.45) is 5.92 Å². The Labute approximate surface area is 194 Å². The highest BCUT2D eigenvalue weighted by atomic mass is 32.2. The molecule has 0 spiro atoms. The van der Waals surface area contributed by atoms with E-state index in [2.05, 4.69) is 6.92 Å². The predicted octanol–water partition coefficient (Wildman–Crippen LogP) is 4.86. The quantitative estimate of drug-likeness (QED) is 0.466. The van der Waals surface area contributed by atoms with Gasteiger partial charge < -0.3 is 9.64 Å². The minimum Gasteiger partial charge on any atom is -0.490 e. The lowest BCUT2D eigenvalue weighted by Gasteiger charge is -2.31. The number of amides is 2. The van der Waals surface area contributed by atoms with Crippen molar-refractivity contribution in [1.82, 2.24) is 9.80 Å². The number of carbonyl (C=O) groups excluding carboxylic acids is 2. The molecule has 2 saturated heterocycles. The molecule has 1 aromatic carbocycles. The van der Waals surface area contributed by atoms with Crippen LogP contribution >= 0.6 is 24.0 Å². The van der Waals surface area contributed by atoms with Gasteiger partial charge in [-0.05, 0) is 68.2 Å². The number of hydrogen-bond acceptors (Lipinski definition) is 5. The molecule has 3 aliphatic rings. The third-order valence-corrected chi connectivity index (χ3v) is 7.71. The molecule has 2 amide bonds. The summed E-state index contributed by atoms with van der Waals surface area (Å²) in [5.74, 6) is 1.33. The van der Waals surface area contributed by atoms with E-state index in [4.69, 9.17) is 17.0 Å². The number of ether oxygens (including phenoxy) is 1. The van der Waals surface area contributed by atoms with Crippen LogP contribution in [0.5, 0.6) is 5.75 Å². The maximum atomic E-state index is 12.9. The third kappa shape index (κ3) is 5.69. The van der Waals surface area contributed by atoms with Gasteiger partial charge in [0.2, 0.25) is 5.91 Å². The first-order chi connectivity index (χ1) is 15.0. The van der Waals surface area contributed by atoms with Crippen LogP contribution < -0.4 is 4.74 Å². The molecule has 3 fully saturated rings. The average Bonchev–Trinajstić information content (AvgIpc) is 3.03. The fourth-order valence-corrected chi connectivity index (χ4v) is 5.55. The lowest BCUT2D eigenvalue weighted by molar-refractivity contribution is -0.136. The number of thioether (sulfide) groups is 1. The number of likely N-dealkylation sites (tertiary alicyclic amines) is 1. The molecule has 5 nitrogen and oxygen atoms in total. The molecule has 0 bridgehead atoms. The van der Waals surface area contributed by atoms with Gasteiger partial charge in [-0.3, -0.25) is 14.5 Å². The zero-order valence-electron chi connectivity index (χ0n) is 18.0. The molecule has 0 radical (unpaired) electrons. The monoisotopic (exact) mass is 458 g/mol. The summed E-state index contributed by atoms with van der Waals surface area (Å²) in [6.07, 6.45) is 10.2. The standard InChI is InChI=1S/C24H30N2O3S2/c1-17-11-13-25(14-12-17)22(27)16-26-23(28)21(31-24(26)30)15-18-7-9-20(10-8-18)29-19-5-3-2-4-6-19/h7-10,15,17,19H,2-6,11-14,16H2,1H3/b21-15-. The number of piperidine rings is 1. The summed E-state index contributed by atoms with van der Waals surface area (Å²) < 4.78 is 6.53. The van der Waals surface area contributed by atoms with Crippen LogP contribution in [0.1, 0.15) is 57.4 Å². The molecule has 7 heteroatoms. The highest BCUT2D eigenvalue weighted by Crippen LogP contribution is 2.33. The molecule has 166 valence electrons. The van der Waals surface area contributed by atoms with Gasteiger partial charge in [0, 0.05) is 13.1 Å². The first-order valence-electron chi connectivity index (χ1n) is 11.3. The van der Waals surface area contributed by atoms with Gasteiger partial charge >= 0.3 is 0 Å². The van der Waals surface area contributed by atoms with E-state index in [1.165, 1.54) is 35.9 Å². The van der Waals surface area contributed by atoms with Crippen LogP contribution in [0.3, 0.4) is 0 Å². The molecule has 2 heterocycles. The Balaban J connectivity index is 1.35. The Bertz CT molecular complexity index is 854. The smallest absolute Gasteiger partial charge is 0.266 e. The van der Waals surface area contributed by atoms with Crippen LogP contribution in [0, 0.1) is 5.92 Å². The zero-order valence-corrected chi connectivity index (χ0v) is 19.7. The van der Waals surface area contributed by atoms with Gasteiger partial charge in [0.25, 0.3) is 5.91 Å². The molecule has 0 aromatic heterocycles. The van der Waals surface area contributed by atoms with E-state index in [0.717, 1.165) is 50.1 Å². The molecular weight excluding hydrogens is 428 g/mol. The Morgan fingerprint density at radius 3 is 2.48 bits per heavy atom. The van der Waals surface area contributed by atoms with Gasteiger partial charge in [0.15, 0.2) is 0 Å². The maximum Gasteiger partial charge on any atom is 0.266 e.